The first-order valence-electron chi connectivity index (χ1n) is 11.2. The minimum absolute atomic E-state index is 0.254. The Bertz CT molecular complexity index is 1170. The molecule has 4 rings (SSSR count). The van der Waals surface area contributed by atoms with Gasteiger partial charge >= 0.3 is 12.1 Å². The number of methoxy groups -OCH3 is 1. The van der Waals surface area contributed by atoms with Crippen molar-refractivity contribution >= 4 is 5.97 Å². The van der Waals surface area contributed by atoms with Crippen molar-refractivity contribution in [3.05, 3.63) is 106 Å². The van der Waals surface area contributed by atoms with Gasteiger partial charge < -0.3 is 9.57 Å². The molecule has 1 aliphatic rings. The number of hydrogen-bond acceptors (Lipinski definition) is 4. The second-order valence-corrected chi connectivity index (χ2v) is 8.56. The number of carbonyl (C=O) groups is 1. The van der Waals surface area contributed by atoms with Crippen LogP contribution in [0, 0.1) is 5.82 Å². The monoisotopic (exact) mass is 487 g/mol. The number of aryl methyl sites for hydroxylation is 1. The zero-order valence-corrected chi connectivity index (χ0v) is 19.0. The van der Waals surface area contributed by atoms with Crippen molar-refractivity contribution < 1.29 is 31.9 Å². The Hall–Kier alpha value is -3.23. The number of alkyl halides is 3. The molecule has 0 saturated heterocycles. The Morgan fingerprint density at radius 1 is 1.06 bits per heavy atom. The van der Waals surface area contributed by atoms with Gasteiger partial charge in [0.1, 0.15) is 5.82 Å². The fourth-order valence-corrected chi connectivity index (χ4v) is 4.59. The van der Waals surface area contributed by atoms with Crippen molar-refractivity contribution in [3.8, 4) is 0 Å². The number of carbonyl (C=O) groups excluding carboxylic acids is 1. The smallest absolute Gasteiger partial charge is 0.368 e. The molecule has 8 heteroatoms. The van der Waals surface area contributed by atoms with E-state index >= 15 is 0 Å². The number of hydroxylamine groups is 1. The second kappa shape index (κ2) is 10.6. The lowest BCUT2D eigenvalue weighted by Gasteiger charge is -2.34. The van der Waals surface area contributed by atoms with Crippen molar-refractivity contribution in [1.82, 2.24) is 5.48 Å². The highest BCUT2D eigenvalue weighted by Gasteiger charge is 2.34. The lowest BCUT2D eigenvalue weighted by molar-refractivity contribution is -0.166. The Kier molecular flexibility index (Phi) is 7.52. The fourth-order valence-electron chi connectivity index (χ4n) is 4.59. The summed E-state index contributed by atoms with van der Waals surface area (Å²) in [6.07, 6.45) is -4.09. The zero-order chi connectivity index (χ0) is 25.0. The molecule has 0 amide bonds. The van der Waals surface area contributed by atoms with E-state index < -0.39 is 23.8 Å². The van der Waals surface area contributed by atoms with E-state index in [1.54, 1.807) is 36.4 Å². The molecule has 0 aromatic heterocycles. The summed E-state index contributed by atoms with van der Waals surface area (Å²) in [4.78, 5) is 18.1. The first kappa shape index (κ1) is 24.9. The zero-order valence-electron chi connectivity index (χ0n) is 19.0. The Labute approximate surface area is 200 Å². The van der Waals surface area contributed by atoms with Crippen LogP contribution in [0.15, 0.2) is 72.8 Å². The van der Waals surface area contributed by atoms with Crippen LogP contribution in [-0.2, 0) is 33.4 Å². The summed E-state index contributed by atoms with van der Waals surface area (Å²) in [6.45, 7) is 0. The van der Waals surface area contributed by atoms with E-state index in [0.29, 0.717) is 24.0 Å². The van der Waals surface area contributed by atoms with E-state index in [1.165, 1.54) is 25.3 Å². The van der Waals surface area contributed by atoms with Crippen molar-refractivity contribution in [3.63, 3.8) is 0 Å². The number of fused-ring (bicyclic) bond motifs is 1. The molecule has 0 saturated carbocycles. The molecule has 0 radical (unpaired) electrons. The quantitative estimate of drug-likeness (QED) is 0.332. The maximum Gasteiger partial charge on any atom is 0.416 e. The van der Waals surface area contributed by atoms with Gasteiger partial charge in [0.15, 0.2) is 6.10 Å². The third-order valence-corrected chi connectivity index (χ3v) is 6.29. The third-order valence-electron chi connectivity index (χ3n) is 6.29. The van der Waals surface area contributed by atoms with E-state index in [1.807, 2.05) is 6.07 Å². The number of halogens is 4. The van der Waals surface area contributed by atoms with Crippen LogP contribution in [-0.4, -0.2) is 19.1 Å². The van der Waals surface area contributed by atoms with Gasteiger partial charge in [-0.05, 0) is 59.7 Å². The van der Waals surface area contributed by atoms with Crippen LogP contribution in [0.5, 0.6) is 0 Å². The van der Waals surface area contributed by atoms with Crippen molar-refractivity contribution in [1.29, 1.82) is 0 Å². The van der Waals surface area contributed by atoms with E-state index in [2.05, 4.69) is 5.48 Å². The Morgan fingerprint density at radius 2 is 1.83 bits per heavy atom. The van der Waals surface area contributed by atoms with Crippen molar-refractivity contribution in [2.24, 2.45) is 0 Å². The topological polar surface area (TPSA) is 47.6 Å². The molecule has 0 fully saturated rings. The number of hydrogen-bond donors (Lipinski definition) is 1. The van der Waals surface area contributed by atoms with Gasteiger partial charge in [-0.2, -0.15) is 13.2 Å². The average molecular weight is 487 g/mol. The van der Waals surface area contributed by atoms with Crippen LogP contribution in [0.25, 0.3) is 0 Å². The summed E-state index contributed by atoms with van der Waals surface area (Å²) < 4.78 is 58.9. The van der Waals surface area contributed by atoms with Gasteiger partial charge in [0.25, 0.3) is 0 Å². The van der Waals surface area contributed by atoms with Crippen LogP contribution in [0.2, 0.25) is 0 Å². The summed E-state index contributed by atoms with van der Waals surface area (Å²) in [5, 5.41) is 0. The lowest BCUT2D eigenvalue weighted by Crippen LogP contribution is -2.41. The van der Waals surface area contributed by atoms with Gasteiger partial charge in [0.05, 0.1) is 11.6 Å². The van der Waals surface area contributed by atoms with Gasteiger partial charge in [-0.25, -0.2) is 9.18 Å². The first-order valence-corrected chi connectivity index (χ1v) is 11.2. The van der Waals surface area contributed by atoms with Crippen LogP contribution < -0.4 is 5.48 Å². The van der Waals surface area contributed by atoms with Gasteiger partial charge in [0, 0.05) is 13.0 Å². The highest BCUT2D eigenvalue weighted by atomic mass is 19.4. The summed E-state index contributed by atoms with van der Waals surface area (Å²) in [6, 6.07) is 18.1. The standard InChI is InChI=1S/C27H25F4NO3/c1-34-25(18-7-3-2-4-8-18)26(33)35-32-24-13-10-19-16-21(28)11-12-22(19)23(24)15-17-6-5-9-20(14-17)27(29,30)31/h2-9,11-12,14,16,23-25,32H,10,13,15H2,1H3/t23?,24?,25-/m1/s1. The first-order chi connectivity index (χ1) is 16.8. The molecule has 3 aromatic carbocycles. The molecule has 1 aliphatic carbocycles. The van der Waals surface area contributed by atoms with E-state index in [4.69, 9.17) is 9.57 Å². The van der Waals surface area contributed by atoms with Gasteiger partial charge in [-0.15, -0.1) is 5.48 Å². The van der Waals surface area contributed by atoms with Crippen LogP contribution in [0.3, 0.4) is 0 Å². The lowest BCUT2D eigenvalue weighted by atomic mass is 9.76. The molecular weight excluding hydrogens is 462 g/mol. The highest BCUT2D eigenvalue weighted by molar-refractivity contribution is 5.76. The van der Waals surface area contributed by atoms with Crippen molar-refractivity contribution in [2.45, 2.75) is 43.5 Å². The molecule has 0 aliphatic heterocycles. The molecule has 1 N–H and O–H groups in total. The molecule has 2 unspecified atom stereocenters. The highest BCUT2D eigenvalue weighted by Crippen LogP contribution is 2.36. The summed E-state index contributed by atoms with van der Waals surface area (Å²) in [7, 11) is 1.40. The van der Waals surface area contributed by atoms with Gasteiger partial charge in [0.2, 0.25) is 0 Å². The van der Waals surface area contributed by atoms with E-state index in [0.717, 1.165) is 23.3 Å². The molecule has 4 nitrogen and oxygen atoms in total. The van der Waals surface area contributed by atoms with Crippen LogP contribution in [0.4, 0.5) is 17.6 Å². The van der Waals surface area contributed by atoms with Crippen molar-refractivity contribution in [2.75, 3.05) is 7.11 Å². The Balaban J connectivity index is 1.56. The summed E-state index contributed by atoms with van der Waals surface area (Å²) in [5.74, 6) is -1.35. The van der Waals surface area contributed by atoms with Gasteiger partial charge in [-0.3, -0.25) is 0 Å². The molecule has 35 heavy (non-hydrogen) atoms. The predicted octanol–water partition coefficient (Wildman–Crippen LogP) is 5.92. The van der Waals surface area contributed by atoms with Crippen LogP contribution in [0.1, 0.15) is 46.3 Å². The minimum Gasteiger partial charge on any atom is -0.368 e. The largest absolute Gasteiger partial charge is 0.416 e. The molecule has 0 bridgehead atoms. The number of benzene rings is 3. The minimum atomic E-state index is -4.45. The predicted molar refractivity (Wildman–Crippen MR) is 122 cm³/mol. The average Bonchev–Trinajstić information content (AvgIpc) is 2.84. The fraction of sp³-hybridized carbons (Fsp3) is 0.296. The third kappa shape index (κ3) is 5.89. The summed E-state index contributed by atoms with van der Waals surface area (Å²) >= 11 is 0. The van der Waals surface area contributed by atoms with Crippen LogP contribution >= 0.6 is 0 Å². The number of nitrogens with one attached hydrogen (secondary N) is 1. The van der Waals surface area contributed by atoms with E-state index in [9.17, 15) is 22.4 Å². The number of rotatable bonds is 7. The van der Waals surface area contributed by atoms with Gasteiger partial charge in [-0.1, -0.05) is 54.6 Å². The molecule has 0 spiro atoms. The molecule has 3 atom stereocenters. The molecule has 3 aromatic rings. The Morgan fingerprint density at radius 3 is 2.54 bits per heavy atom. The molecule has 0 heterocycles. The number of ether oxygens (including phenoxy) is 1. The second-order valence-electron chi connectivity index (χ2n) is 8.56. The maximum absolute atomic E-state index is 13.8. The normalized spacial score (nSPS) is 18.5. The summed E-state index contributed by atoms with van der Waals surface area (Å²) in [5.41, 5.74) is 4.83. The van der Waals surface area contributed by atoms with E-state index in [-0.39, 0.29) is 24.2 Å². The molecular formula is C27H25F4NO3. The maximum atomic E-state index is 13.8. The molecule has 184 valence electrons. The SMILES string of the molecule is CO[C@@H](C(=O)ONC1CCc2cc(F)ccc2C1Cc1cccc(C(F)(F)F)c1)c1ccccc1.